The molecule has 0 fully saturated rings. The SMILES string of the molecule is C=C/C(F)=C(\CC/C(Cl)=C\C)c1noc(/C=C/N(C)C)c1C#N. The van der Waals surface area contributed by atoms with E-state index in [2.05, 4.69) is 11.7 Å². The summed E-state index contributed by atoms with van der Waals surface area (Å²) in [5.74, 6) is -0.263. The molecule has 122 valence electrons. The fourth-order valence-corrected chi connectivity index (χ4v) is 1.90. The van der Waals surface area contributed by atoms with Gasteiger partial charge in [-0.2, -0.15) is 5.26 Å². The molecule has 0 saturated carbocycles. The second-order valence-electron chi connectivity index (χ2n) is 4.93. The highest BCUT2D eigenvalue weighted by atomic mass is 35.5. The Morgan fingerprint density at radius 2 is 2.17 bits per heavy atom. The number of allylic oxidation sites excluding steroid dienone is 5. The molecule has 6 heteroatoms. The lowest BCUT2D eigenvalue weighted by atomic mass is 10.0. The third kappa shape index (κ3) is 5.11. The van der Waals surface area contributed by atoms with Crippen LogP contribution in [0.3, 0.4) is 0 Å². The maximum absolute atomic E-state index is 14.2. The number of hydrogen-bond donors (Lipinski definition) is 0. The quantitative estimate of drug-likeness (QED) is 0.667. The minimum atomic E-state index is -0.543. The van der Waals surface area contributed by atoms with Crippen molar-refractivity contribution in [1.82, 2.24) is 10.1 Å². The zero-order valence-corrected chi connectivity index (χ0v) is 14.2. The van der Waals surface area contributed by atoms with Gasteiger partial charge < -0.3 is 9.42 Å². The van der Waals surface area contributed by atoms with Gasteiger partial charge in [0, 0.05) is 37.0 Å². The highest BCUT2D eigenvalue weighted by molar-refractivity contribution is 6.29. The van der Waals surface area contributed by atoms with Gasteiger partial charge in [0.2, 0.25) is 0 Å². The van der Waals surface area contributed by atoms with Crippen molar-refractivity contribution >= 4 is 23.3 Å². The first-order valence-corrected chi connectivity index (χ1v) is 7.38. The summed E-state index contributed by atoms with van der Waals surface area (Å²) < 4.78 is 19.3. The molecule has 0 aromatic carbocycles. The van der Waals surface area contributed by atoms with Crippen LogP contribution in [0.25, 0.3) is 11.6 Å². The molecule has 1 aromatic heterocycles. The number of rotatable bonds is 7. The van der Waals surface area contributed by atoms with Gasteiger partial charge in [0.25, 0.3) is 0 Å². The third-order valence-electron chi connectivity index (χ3n) is 3.03. The number of hydrogen-bond acceptors (Lipinski definition) is 4. The first-order chi connectivity index (χ1) is 10.9. The fourth-order valence-electron chi connectivity index (χ4n) is 1.81. The molecule has 0 saturated heterocycles. The van der Waals surface area contributed by atoms with Crippen molar-refractivity contribution in [2.24, 2.45) is 0 Å². The van der Waals surface area contributed by atoms with Crippen molar-refractivity contribution in [2.75, 3.05) is 14.1 Å². The van der Waals surface area contributed by atoms with Gasteiger partial charge in [-0.3, -0.25) is 0 Å². The molecular formula is C17H19ClFN3O. The normalized spacial score (nSPS) is 13.0. The van der Waals surface area contributed by atoms with E-state index in [4.69, 9.17) is 16.1 Å². The minimum Gasteiger partial charge on any atom is -0.383 e. The molecule has 0 aliphatic rings. The molecule has 1 aromatic rings. The van der Waals surface area contributed by atoms with E-state index in [1.54, 1.807) is 30.2 Å². The predicted molar refractivity (Wildman–Crippen MR) is 91.0 cm³/mol. The molecule has 1 rings (SSSR count). The molecule has 23 heavy (non-hydrogen) atoms. The van der Waals surface area contributed by atoms with Crippen LogP contribution in [0.1, 0.15) is 36.8 Å². The Bertz CT molecular complexity index is 693. The molecule has 0 bridgehead atoms. The fraction of sp³-hybridized carbons (Fsp3) is 0.294. The standard InChI is InChI=1S/C17H19ClFN3O/c1-5-12(18)7-8-13(15(19)6-2)17-14(11-20)16(23-21-17)9-10-22(3)4/h5-6,9-10H,2,7-8H2,1,3-4H3/b10-9+,12-5+,15-13-. The summed E-state index contributed by atoms with van der Waals surface area (Å²) >= 11 is 5.97. The zero-order valence-electron chi connectivity index (χ0n) is 13.4. The Kier molecular flexibility index (Phi) is 7.30. The zero-order chi connectivity index (χ0) is 17.4. The number of nitrogens with zero attached hydrogens (tertiary/aromatic N) is 3. The Labute approximate surface area is 140 Å². The van der Waals surface area contributed by atoms with Gasteiger partial charge >= 0.3 is 0 Å². The number of nitriles is 1. The van der Waals surface area contributed by atoms with E-state index < -0.39 is 5.83 Å². The van der Waals surface area contributed by atoms with Crippen molar-refractivity contribution in [2.45, 2.75) is 19.8 Å². The van der Waals surface area contributed by atoms with E-state index in [-0.39, 0.29) is 22.6 Å². The van der Waals surface area contributed by atoms with Gasteiger partial charge in [-0.1, -0.05) is 29.4 Å². The van der Waals surface area contributed by atoms with Crippen LogP contribution in [0.4, 0.5) is 4.39 Å². The number of halogens is 2. The molecule has 0 atom stereocenters. The van der Waals surface area contributed by atoms with Crippen molar-refractivity contribution in [3.05, 3.63) is 52.8 Å². The topological polar surface area (TPSA) is 53.1 Å². The van der Waals surface area contributed by atoms with E-state index >= 15 is 0 Å². The molecule has 4 nitrogen and oxygen atoms in total. The molecule has 0 aliphatic heterocycles. The highest BCUT2D eigenvalue weighted by Gasteiger charge is 2.20. The summed E-state index contributed by atoms with van der Waals surface area (Å²) in [6.45, 7) is 5.24. The van der Waals surface area contributed by atoms with Crippen LogP contribution in [0.15, 0.2) is 40.3 Å². The smallest absolute Gasteiger partial charge is 0.179 e. The van der Waals surface area contributed by atoms with Gasteiger partial charge in [-0.25, -0.2) is 4.39 Å². The summed E-state index contributed by atoms with van der Waals surface area (Å²) in [6, 6.07) is 2.02. The lowest BCUT2D eigenvalue weighted by Gasteiger charge is -2.05. The van der Waals surface area contributed by atoms with Gasteiger partial charge in [0.15, 0.2) is 5.76 Å². The first-order valence-electron chi connectivity index (χ1n) is 7.01. The second-order valence-corrected chi connectivity index (χ2v) is 5.41. The van der Waals surface area contributed by atoms with Gasteiger partial charge in [0.1, 0.15) is 23.2 Å². The van der Waals surface area contributed by atoms with Crippen molar-refractivity contribution < 1.29 is 8.91 Å². The molecule has 1 heterocycles. The van der Waals surface area contributed by atoms with Crippen LogP contribution in [-0.2, 0) is 0 Å². The Hall–Kier alpha value is -2.32. The van der Waals surface area contributed by atoms with Crippen LogP contribution >= 0.6 is 11.6 Å². The monoisotopic (exact) mass is 335 g/mol. The molecular weight excluding hydrogens is 317 g/mol. The first kappa shape index (κ1) is 18.7. The largest absolute Gasteiger partial charge is 0.383 e. The molecule has 0 N–H and O–H groups in total. The Balaban J connectivity index is 3.28. The molecule has 0 amide bonds. The highest BCUT2D eigenvalue weighted by Crippen LogP contribution is 2.31. The van der Waals surface area contributed by atoms with E-state index in [0.717, 1.165) is 6.08 Å². The van der Waals surface area contributed by atoms with Crippen LogP contribution in [0.5, 0.6) is 0 Å². The Morgan fingerprint density at radius 1 is 1.48 bits per heavy atom. The maximum atomic E-state index is 14.2. The molecule has 0 aliphatic carbocycles. The summed E-state index contributed by atoms with van der Waals surface area (Å²) in [6.07, 6.45) is 6.88. The van der Waals surface area contributed by atoms with Gasteiger partial charge in [-0.05, 0) is 25.8 Å². The lowest BCUT2D eigenvalue weighted by Crippen LogP contribution is -1.99. The Morgan fingerprint density at radius 3 is 2.70 bits per heavy atom. The van der Waals surface area contributed by atoms with Crippen LogP contribution in [0.2, 0.25) is 0 Å². The van der Waals surface area contributed by atoms with Crippen LogP contribution in [-0.4, -0.2) is 24.2 Å². The van der Waals surface area contributed by atoms with Crippen molar-refractivity contribution in [3.63, 3.8) is 0 Å². The predicted octanol–water partition coefficient (Wildman–Crippen LogP) is 4.87. The molecule has 0 spiro atoms. The van der Waals surface area contributed by atoms with Crippen LogP contribution < -0.4 is 0 Å². The average molecular weight is 336 g/mol. The summed E-state index contributed by atoms with van der Waals surface area (Å²) in [5, 5.41) is 13.8. The van der Waals surface area contributed by atoms with Gasteiger partial charge in [-0.15, -0.1) is 0 Å². The summed E-state index contributed by atoms with van der Waals surface area (Å²) in [4.78, 5) is 1.79. The summed E-state index contributed by atoms with van der Waals surface area (Å²) in [5.41, 5.74) is 0.625. The summed E-state index contributed by atoms with van der Waals surface area (Å²) in [7, 11) is 3.67. The lowest BCUT2D eigenvalue weighted by molar-refractivity contribution is 0.409. The van der Waals surface area contributed by atoms with Crippen LogP contribution in [0, 0.1) is 11.3 Å². The third-order valence-corrected chi connectivity index (χ3v) is 3.44. The van der Waals surface area contributed by atoms with E-state index in [1.807, 2.05) is 20.2 Å². The van der Waals surface area contributed by atoms with Crippen molar-refractivity contribution in [3.8, 4) is 6.07 Å². The molecule has 0 radical (unpaired) electrons. The van der Waals surface area contributed by atoms with E-state index in [1.165, 1.54) is 0 Å². The van der Waals surface area contributed by atoms with Gasteiger partial charge in [0.05, 0.1) is 0 Å². The number of aromatic nitrogens is 1. The maximum Gasteiger partial charge on any atom is 0.179 e. The van der Waals surface area contributed by atoms with E-state index in [9.17, 15) is 9.65 Å². The minimum absolute atomic E-state index is 0.184. The molecule has 0 unspecified atom stereocenters. The van der Waals surface area contributed by atoms with Crippen molar-refractivity contribution in [1.29, 1.82) is 5.26 Å². The van der Waals surface area contributed by atoms with E-state index in [0.29, 0.717) is 17.9 Å². The average Bonchev–Trinajstić information content (AvgIpc) is 2.95. The second kappa shape index (κ2) is 8.96.